The van der Waals surface area contributed by atoms with Crippen LogP contribution in [-0.2, 0) is 16.0 Å². The topological polar surface area (TPSA) is 69.7 Å². The molecule has 1 aromatic heterocycles. The van der Waals surface area contributed by atoms with Crippen molar-refractivity contribution in [1.29, 1.82) is 0 Å². The third-order valence-electron chi connectivity index (χ3n) is 8.11. The average Bonchev–Trinajstić information content (AvgIpc) is 3.59. The molecule has 172 valence electrons. The zero-order valence-electron chi connectivity index (χ0n) is 18.8. The molecule has 0 aromatic carbocycles. The Morgan fingerprint density at radius 3 is 2.66 bits per heavy atom. The van der Waals surface area contributed by atoms with Gasteiger partial charge < -0.3 is 10.2 Å². The van der Waals surface area contributed by atoms with Crippen LogP contribution >= 0.6 is 11.3 Å². The Morgan fingerprint density at radius 1 is 1.22 bits per heavy atom. The lowest BCUT2D eigenvalue weighted by Crippen LogP contribution is -2.57. The van der Waals surface area contributed by atoms with Crippen LogP contribution in [0.15, 0.2) is 29.7 Å². The third-order valence-corrected chi connectivity index (χ3v) is 9.04. The van der Waals surface area contributed by atoms with E-state index in [2.05, 4.69) is 24.4 Å². The lowest BCUT2D eigenvalue weighted by atomic mass is 9.74. The molecular weight excluding hydrogens is 422 g/mol. The molecule has 2 aliphatic heterocycles. The first-order valence-corrected chi connectivity index (χ1v) is 13.0. The van der Waals surface area contributed by atoms with Gasteiger partial charge in [0.25, 0.3) is 5.91 Å². The molecule has 2 saturated heterocycles. The van der Waals surface area contributed by atoms with Crippen LogP contribution in [0.25, 0.3) is 0 Å². The predicted molar refractivity (Wildman–Crippen MR) is 124 cm³/mol. The number of carbonyl (C=O) groups is 3. The van der Waals surface area contributed by atoms with Gasteiger partial charge in [-0.15, -0.1) is 11.3 Å². The maximum Gasteiger partial charge on any atom is 0.325 e. The summed E-state index contributed by atoms with van der Waals surface area (Å²) in [6, 6.07) is 3.78. The van der Waals surface area contributed by atoms with E-state index in [1.165, 1.54) is 9.78 Å². The van der Waals surface area contributed by atoms with Crippen LogP contribution in [0, 0.1) is 23.7 Å². The number of carbonyl (C=O) groups excluding carboxylic acids is 3. The van der Waals surface area contributed by atoms with Gasteiger partial charge >= 0.3 is 6.03 Å². The van der Waals surface area contributed by atoms with E-state index < -0.39 is 5.54 Å². The minimum Gasteiger partial charge on any atom is -0.342 e. The van der Waals surface area contributed by atoms with Crippen molar-refractivity contribution in [2.75, 3.05) is 19.6 Å². The number of imide groups is 1. The average molecular weight is 456 g/mol. The highest BCUT2D eigenvalue weighted by Gasteiger charge is 2.55. The first-order chi connectivity index (χ1) is 15.5. The molecule has 1 unspecified atom stereocenters. The van der Waals surface area contributed by atoms with Crippen molar-refractivity contribution >= 4 is 29.2 Å². The number of amides is 4. The number of piperidine rings is 1. The minimum absolute atomic E-state index is 0.0658. The zero-order valence-corrected chi connectivity index (χ0v) is 19.6. The summed E-state index contributed by atoms with van der Waals surface area (Å²) in [7, 11) is 0. The van der Waals surface area contributed by atoms with Gasteiger partial charge in [0.15, 0.2) is 0 Å². The minimum atomic E-state index is -0.814. The fourth-order valence-corrected chi connectivity index (χ4v) is 7.16. The second-order valence-corrected chi connectivity index (χ2v) is 11.0. The number of fused-ring (bicyclic) bond motifs is 2. The molecule has 1 saturated carbocycles. The normalized spacial score (nSPS) is 32.2. The van der Waals surface area contributed by atoms with E-state index in [0.29, 0.717) is 50.2 Å². The number of allylic oxidation sites excluding steroid dienone is 2. The molecule has 4 atom stereocenters. The van der Waals surface area contributed by atoms with E-state index in [0.717, 1.165) is 32.1 Å². The van der Waals surface area contributed by atoms with E-state index in [9.17, 15) is 14.4 Å². The number of hydrogen-bond donors (Lipinski definition) is 1. The Labute approximate surface area is 194 Å². The summed E-state index contributed by atoms with van der Waals surface area (Å²) in [6.45, 7) is 3.86. The molecule has 32 heavy (non-hydrogen) atoms. The quantitative estimate of drug-likeness (QED) is 0.502. The van der Waals surface area contributed by atoms with Gasteiger partial charge in [0.1, 0.15) is 5.54 Å². The van der Waals surface area contributed by atoms with Gasteiger partial charge in [0, 0.05) is 30.4 Å². The number of nitrogens with zero attached hydrogens (tertiary/aromatic N) is 2. The monoisotopic (exact) mass is 455 g/mol. The first-order valence-electron chi connectivity index (χ1n) is 12.2. The maximum atomic E-state index is 13.6. The van der Waals surface area contributed by atoms with Crippen molar-refractivity contribution in [3.63, 3.8) is 0 Å². The number of nitrogens with one attached hydrogen (secondary N) is 1. The second kappa shape index (κ2) is 8.65. The largest absolute Gasteiger partial charge is 0.342 e. The van der Waals surface area contributed by atoms with Crippen LogP contribution < -0.4 is 5.32 Å². The number of rotatable bonds is 7. The molecule has 3 fully saturated rings. The van der Waals surface area contributed by atoms with Crippen LogP contribution in [0.2, 0.25) is 0 Å². The molecule has 2 aliphatic carbocycles. The molecule has 1 aromatic rings. The summed E-state index contributed by atoms with van der Waals surface area (Å²) in [5.74, 6) is 1.46. The van der Waals surface area contributed by atoms with E-state index in [1.54, 1.807) is 11.3 Å². The summed E-state index contributed by atoms with van der Waals surface area (Å²) in [5.41, 5.74) is -0.814. The molecule has 4 aliphatic rings. The summed E-state index contributed by atoms with van der Waals surface area (Å²) < 4.78 is 0. The highest BCUT2D eigenvalue weighted by atomic mass is 32.1. The van der Waals surface area contributed by atoms with Gasteiger partial charge in [0.05, 0.1) is 0 Å². The second-order valence-electron chi connectivity index (χ2n) is 9.92. The summed E-state index contributed by atoms with van der Waals surface area (Å²) in [5, 5.41) is 5.14. The summed E-state index contributed by atoms with van der Waals surface area (Å²) >= 11 is 1.65. The van der Waals surface area contributed by atoms with Crippen LogP contribution in [0.4, 0.5) is 4.79 Å². The van der Waals surface area contributed by atoms with E-state index >= 15 is 0 Å². The van der Waals surface area contributed by atoms with Crippen LogP contribution in [0.5, 0.6) is 0 Å². The molecular formula is C25H33N3O3S. The summed E-state index contributed by atoms with van der Waals surface area (Å²) in [6.07, 6.45) is 10.4. The molecule has 2 bridgehead atoms. The van der Waals surface area contributed by atoms with Gasteiger partial charge in [-0.2, -0.15) is 0 Å². The van der Waals surface area contributed by atoms with Crippen molar-refractivity contribution in [3.8, 4) is 0 Å². The highest BCUT2D eigenvalue weighted by Crippen LogP contribution is 2.45. The molecule has 5 rings (SSSR count). The smallest absolute Gasteiger partial charge is 0.325 e. The van der Waals surface area contributed by atoms with Crippen molar-refractivity contribution in [2.24, 2.45) is 23.7 Å². The third kappa shape index (κ3) is 3.68. The predicted octanol–water partition coefficient (Wildman–Crippen LogP) is 3.83. The van der Waals surface area contributed by atoms with Crippen molar-refractivity contribution in [1.82, 2.24) is 15.1 Å². The lowest BCUT2D eigenvalue weighted by Gasteiger charge is -2.41. The van der Waals surface area contributed by atoms with Crippen LogP contribution in [0.3, 0.4) is 0 Å². The molecule has 4 amide bonds. The number of thiophene rings is 1. The van der Waals surface area contributed by atoms with Crippen LogP contribution in [-0.4, -0.2) is 52.8 Å². The van der Waals surface area contributed by atoms with Gasteiger partial charge in [-0.25, -0.2) is 4.79 Å². The Balaban J connectivity index is 1.24. The van der Waals surface area contributed by atoms with E-state index in [-0.39, 0.29) is 23.8 Å². The van der Waals surface area contributed by atoms with Crippen molar-refractivity contribution in [3.05, 3.63) is 34.5 Å². The fraction of sp³-hybridized carbons (Fsp3) is 0.640. The van der Waals surface area contributed by atoms with Gasteiger partial charge in [-0.05, 0) is 67.7 Å². The molecule has 0 spiro atoms. The molecule has 3 heterocycles. The Hall–Kier alpha value is -2.15. The van der Waals surface area contributed by atoms with Crippen molar-refractivity contribution in [2.45, 2.75) is 57.4 Å². The van der Waals surface area contributed by atoms with Gasteiger partial charge in [-0.1, -0.05) is 31.6 Å². The Bertz CT molecular complexity index is 906. The standard InChI is InChI=1S/C25H33N3O3S/c1-2-10-25(23(30)28(24(31)26-25)13-9-20-4-3-14-32-20)19-7-11-27(12-8-19)22(29)21-16-17-5-6-18(21)15-17/h3-6,14,17-19,21H,2,7-13,15-16H2,1H3,(H,26,31)/t17-,18+,21+,25?/m1/s1. The lowest BCUT2D eigenvalue weighted by molar-refractivity contribution is -0.139. The Morgan fingerprint density at radius 2 is 2.03 bits per heavy atom. The van der Waals surface area contributed by atoms with Gasteiger partial charge in [0.2, 0.25) is 5.91 Å². The number of hydrogen-bond acceptors (Lipinski definition) is 4. The van der Waals surface area contributed by atoms with E-state index in [4.69, 9.17) is 0 Å². The molecule has 0 radical (unpaired) electrons. The molecule has 6 nitrogen and oxygen atoms in total. The van der Waals surface area contributed by atoms with E-state index in [1.807, 2.05) is 22.4 Å². The maximum absolute atomic E-state index is 13.6. The number of urea groups is 1. The van der Waals surface area contributed by atoms with Crippen LogP contribution in [0.1, 0.15) is 50.3 Å². The summed E-state index contributed by atoms with van der Waals surface area (Å²) in [4.78, 5) is 44.1. The number of likely N-dealkylation sites (tertiary alicyclic amines) is 1. The molecule has 1 N–H and O–H groups in total. The highest BCUT2D eigenvalue weighted by molar-refractivity contribution is 7.09. The zero-order chi connectivity index (χ0) is 22.3. The first kappa shape index (κ1) is 21.7. The fourth-order valence-electron chi connectivity index (χ4n) is 6.46. The Kier molecular flexibility index (Phi) is 5.86. The van der Waals surface area contributed by atoms with Gasteiger partial charge in [-0.3, -0.25) is 14.5 Å². The molecule has 7 heteroatoms. The SMILES string of the molecule is CCCC1(C2CCN(C(=O)[C@H]3C[C@@H]4C=C[C@H]3C4)CC2)NC(=O)N(CCc2cccs2)C1=O. The van der Waals surface area contributed by atoms with Crippen molar-refractivity contribution < 1.29 is 14.4 Å².